The minimum atomic E-state index is -3.55. The lowest BCUT2D eigenvalue weighted by atomic mass is 9.87. The Bertz CT molecular complexity index is 896. The first kappa shape index (κ1) is 20.0. The Balaban J connectivity index is 2.00. The zero-order valence-corrected chi connectivity index (χ0v) is 16.8. The molecular formula is C21H26N2O2S. The third-order valence-corrected chi connectivity index (χ3v) is 5.41. The molecule has 0 amide bonds. The van der Waals surface area contributed by atoms with Gasteiger partial charge in [0.25, 0.3) is 0 Å². The van der Waals surface area contributed by atoms with Crippen molar-refractivity contribution in [3.63, 3.8) is 0 Å². The lowest BCUT2D eigenvalue weighted by molar-refractivity contribution is 0.581. The fourth-order valence-corrected chi connectivity index (χ4v) is 3.26. The minimum Gasteiger partial charge on any atom is -0.378 e. The van der Waals surface area contributed by atoms with Crippen LogP contribution in [0.5, 0.6) is 0 Å². The first-order valence-corrected chi connectivity index (χ1v) is 9.94. The Kier molecular flexibility index (Phi) is 6.12. The molecule has 0 aliphatic heterocycles. The highest BCUT2D eigenvalue weighted by Gasteiger charge is 2.16. The number of anilines is 1. The number of nitrogens with one attached hydrogen (secondary N) is 1. The van der Waals surface area contributed by atoms with Crippen LogP contribution < -0.4 is 9.62 Å². The van der Waals surface area contributed by atoms with Gasteiger partial charge in [-0.15, -0.1) is 0 Å². The van der Waals surface area contributed by atoms with Crippen molar-refractivity contribution >= 4 is 15.7 Å². The SMILES string of the molecule is CN(C)c1ccc(C#CCNS(=O)(=O)c2ccc(C(C)(C)C)cc2)cc1. The first-order valence-electron chi connectivity index (χ1n) is 8.46. The van der Waals surface area contributed by atoms with E-state index < -0.39 is 10.0 Å². The lowest BCUT2D eigenvalue weighted by Gasteiger charge is -2.19. The molecule has 138 valence electrons. The summed E-state index contributed by atoms with van der Waals surface area (Å²) in [6, 6.07) is 14.8. The van der Waals surface area contributed by atoms with Gasteiger partial charge in [0.15, 0.2) is 0 Å². The van der Waals surface area contributed by atoms with Gasteiger partial charge in [0, 0.05) is 25.3 Å². The summed E-state index contributed by atoms with van der Waals surface area (Å²) in [6.45, 7) is 6.35. The second-order valence-corrected chi connectivity index (χ2v) is 9.11. The van der Waals surface area contributed by atoms with Crippen LogP contribution in [0.3, 0.4) is 0 Å². The largest absolute Gasteiger partial charge is 0.378 e. The standard InChI is InChI=1S/C21H26N2O2S/c1-21(2,3)18-10-14-20(15-11-18)26(24,25)22-16-6-7-17-8-12-19(13-9-17)23(4)5/h8-15,22H,16H2,1-5H3. The van der Waals surface area contributed by atoms with Crippen molar-refractivity contribution in [2.45, 2.75) is 31.1 Å². The van der Waals surface area contributed by atoms with E-state index in [4.69, 9.17) is 0 Å². The van der Waals surface area contributed by atoms with Crippen LogP contribution in [0.1, 0.15) is 31.9 Å². The van der Waals surface area contributed by atoms with E-state index >= 15 is 0 Å². The topological polar surface area (TPSA) is 49.4 Å². The van der Waals surface area contributed by atoms with Gasteiger partial charge in [0.1, 0.15) is 0 Å². The molecule has 2 aromatic carbocycles. The monoisotopic (exact) mass is 370 g/mol. The molecule has 4 nitrogen and oxygen atoms in total. The first-order chi connectivity index (χ1) is 12.1. The van der Waals surface area contributed by atoms with Crippen LogP contribution in [0.4, 0.5) is 5.69 Å². The van der Waals surface area contributed by atoms with Gasteiger partial charge in [0.2, 0.25) is 10.0 Å². The molecule has 0 aromatic heterocycles. The summed E-state index contributed by atoms with van der Waals surface area (Å²) in [5.41, 5.74) is 3.03. The predicted octanol–water partition coefficient (Wildman–Crippen LogP) is 3.38. The molecule has 5 heteroatoms. The molecule has 0 saturated carbocycles. The molecule has 2 rings (SSSR count). The lowest BCUT2D eigenvalue weighted by Crippen LogP contribution is -2.24. The maximum atomic E-state index is 12.3. The zero-order chi connectivity index (χ0) is 19.4. The predicted molar refractivity (Wildman–Crippen MR) is 108 cm³/mol. The summed E-state index contributed by atoms with van der Waals surface area (Å²) in [5.74, 6) is 5.83. The van der Waals surface area contributed by atoms with E-state index in [-0.39, 0.29) is 16.9 Å². The molecule has 0 aliphatic rings. The summed E-state index contributed by atoms with van der Waals surface area (Å²) >= 11 is 0. The molecule has 0 radical (unpaired) electrons. The summed E-state index contributed by atoms with van der Waals surface area (Å²) in [7, 11) is 0.397. The summed E-state index contributed by atoms with van der Waals surface area (Å²) in [5, 5.41) is 0. The van der Waals surface area contributed by atoms with Crippen molar-refractivity contribution < 1.29 is 8.42 Å². The van der Waals surface area contributed by atoms with Crippen molar-refractivity contribution in [1.29, 1.82) is 0 Å². The highest BCUT2D eigenvalue weighted by atomic mass is 32.2. The number of hydrogen-bond acceptors (Lipinski definition) is 3. The van der Waals surface area contributed by atoms with Crippen molar-refractivity contribution in [2.75, 3.05) is 25.5 Å². The molecule has 1 N–H and O–H groups in total. The van der Waals surface area contributed by atoms with Gasteiger partial charge in [0.05, 0.1) is 11.4 Å². The Morgan fingerprint density at radius 2 is 1.54 bits per heavy atom. The average Bonchev–Trinajstić information content (AvgIpc) is 2.58. The normalized spacial score (nSPS) is 11.6. The van der Waals surface area contributed by atoms with E-state index in [1.54, 1.807) is 12.1 Å². The Morgan fingerprint density at radius 3 is 2.04 bits per heavy atom. The molecule has 0 unspecified atom stereocenters. The Morgan fingerprint density at radius 1 is 0.962 bits per heavy atom. The summed E-state index contributed by atoms with van der Waals surface area (Å²) in [6.07, 6.45) is 0. The number of sulfonamides is 1. The van der Waals surface area contributed by atoms with Gasteiger partial charge in [-0.3, -0.25) is 0 Å². The summed E-state index contributed by atoms with van der Waals surface area (Å²) in [4.78, 5) is 2.26. The van der Waals surface area contributed by atoms with E-state index in [0.717, 1.165) is 16.8 Å². The van der Waals surface area contributed by atoms with Crippen LogP contribution in [-0.4, -0.2) is 29.1 Å². The van der Waals surface area contributed by atoms with E-state index in [0.29, 0.717) is 0 Å². The molecule has 0 saturated heterocycles. The third kappa shape index (κ3) is 5.35. The molecule has 0 fully saturated rings. The molecule has 0 bridgehead atoms. The maximum absolute atomic E-state index is 12.3. The van der Waals surface area contributed by atoms with E-state index in [2.05, 4.69) is 37.3 Å². The van der Waals surface area contributed by atoms with Crippen LogP contribution in [0.15, 0.2) is 53.4 Å². The maximum Gasteiger partial charge on any atom is 0.241 e. The zero-order valence-electron chi connectivity index (χ0n) is 16.0. The molecule has 26 heavy (non-hydrogen) atoms. The second-order valence-electron chi connectivity index (χ2n) is 7.34. The van der Waals surface area contributed by atoms with Gasteiger partial charge in [-0.25, -0.2) is 8.42 Å². The molecule has 2 aromatic rings. The van der Waals surface area contributed by atoms with Crippen LogP contribution in [0.25, 0.3) is 0 Å². The van der Waals surface area contributed by atoms with Crippen molar-refractivity contribution in [3.05, 3.63) is 59.7 Å². The van der Waals surface area contributed by atoms with E-state index in [1.807, 2.05) is 55.4 Å². The van der Waals surface area contributed by atoms with E-state index in [9.17, 15) is 8.42 Å². The third-order valence-electron chi connectivity index (χ3n) is 4.00. The van der Waals surface area contributed by atoms with Crippen LogP contribution in [0.2, 0.25) is 0 Å². The molecule has 0 heterocycles. The van der Waals surface area contributed by atoms with Crippen LogP contribution in [0, 0.1) is 11.8 Å². The Hall–Kier alpha value is -2.29. The quantitative estimate of drug-likeness (QED) is 0.840. The molecule has 0 spiro atoms. The van der Waals surface area contributed by atoms with Crippen LogP contribution >= 0.6 is 0 Å². The highest BCUT2D eigenvalue weighted by molar-refractivity contribution is 7.89. The molecule has 0 atom stereocenters. The van der Waals surface area contributed by atoms with Gasteiger partial charge in [-0.05, 0) is 47.4 Å². The van der Waals surface area contributed by atoms with Crippen LogP contribution in [-0.2, 0) is 15.4 Å². The van der Waals surface area contributed by atoms with Gasteiger partial charge < -0.3 is 4.90 Å². The second kappa shape index (κ2) is 7.94. The number of rotatable bonds is 4. The smallest absolute Gasteiger partial charge is 0.241 e. The van der Waals surface area contributed by atoms with Gasteiger partial charge in [-0.2, -0.15) is 4.72 Å². The molecule has 0 aliphatic carbocycles. The number of benzene rings is 2. The van der Waals surface area contributed by atoms with Crippen molar-refractivity contribution in [3.8, 4) is 11.8 Å². The fourth-order valence-electron chi connectivity index (χ4n) is 2.34. The highest BCUT2D eigenvalue weighted by Crippen LogP contribution is 2.23. The minimum absolute atomic E-state index is 0.0106. The van der Waals surface area contributed by atoms with Gasteiger partial charge >= 0.3 is 0 Å². The van der Waals surface area contributed by atoms with Crippen molar-refractivity contribution in [1.82, 2.24) is 4.72 Å². The fraction of sp³-hybridized carbons (Fsp3) is 0.333. The number of nitrogens with zero attached hydrogens (tertiary/aromatic N) is 1. The molecular weight excluding hydrogens is 344 g/mol. The summed E-state index contributed by atoms with van der Waals surface area (Å²) < 4.78 is 27.2. The number of hydrogen-bond donors (Lipinski definition) is 1. The van der Waals surface area contributed by atoms with Gasteiger partial charge in [-0.1, -0.05) is 44.7 Å². The van der Waals surface area contributed by atoms with Crippen molar-refractivity contribution in [2.24, 2.45) is 0 Å². The van der Waals surface area contributed by atoms with E-state index in [1.165, 1.54) is 0 Å². The Labute approximate surface area is 157 Å². The average molecular weight is 371 g/mol.